The molecule has 130 valence electrons. The summed E-state index contributed by atoms with van der Waals surface area (Å²) < 4.78 is 0. The number of amides is 2. The summed E-state index contributed by atoms with van der Waals surface area (Å²) in [4.78, 5) is 31.8. The summed E-state index contributed by atoms with van der Waals surface area (Å²) in [6, 6.07) is 0. The van der Waals surface area contributed by atoms with Crippen molar-refractivity contribution < 1.29 is 14.5 Å². The summed E-state index contributed by atoms with van der Waals surface area (Å²) in [5.41, 5.74) is 0.783. The number of likely N-dealkylation sites (N-methyl/N-ethyl adjacent to an activating group) is 1. The number of rotatable bonds is 7. The van der Waals surface area contributed by atoms with Gasteiger partial charge in [0.2, 0.25) is 11.8 Å². The largest absolute Gasteiger partial charge is 0.338 e. The van der Waals surface area contributed by atoms with Crippen molar-refractivity contribution in [1.29, 1.82) is 0 Å². The maximum absolute atomic E-state index is 12.5. The first-order valence-corrected chi connectivity index (χ1v) is 8.73. The lowest BCUT2D eigenvalue weighted by atomic mass is 9.91. The Morgan fingerprint density at radius 3 is 2.48 bits per heavy atom. The second kappa shape index (κ2) is 8.40. The van der Waals surface area contributed by atoms with Crippen LogP contribution in [0.15, 0.2) is 5.38 Å². The Morgan fingerprint density at radius 2 is 2.00 bits per heavy atom. The Labute approximate surface area is 142 Å². The van der Waals surface area contributed by atoms with Gasteiger partial charge in [0.1, 0.15) is 6.54 Å². The Kier molecular flexibility index (Phi) is 7.15. The van der Waals surface area contributed by atoms with E-state index in [4.69, 9.17) is 0 Å². The minimum Gasteiger partial charge on any atom is -0.338 e. The third-order valence-corrected chi connectivity index (χ3v) is 3.99. The van der Waals surface area contributed by atoms with Gasteiger partial charge >= 0.3 is 0 Å². The van der Waals surface area contributed by atoms with E-state index in [1.807, 2.05) is 47.2 Å². The van der Waals surface area contributed by atoms with Crippen molar-refractivity contribution >= 4 is 28.3 Å². The fourth-order valence-corrected chi connectivity index (χ4v) is 2.66. The van der Waals surface area contributed by atoms with Crippen molar-refractivity contribution in [2.45, 2.75) is 34.1 Å². The second-order valence-electron chi connectivity index (χ2n) is 7.35. The van der Waals surface area contributed by atoms with Gasteiger partial charge in [-0.2, -0.15) is 0 Å². The molecular formula is C16H29N4O2S+. The molecule has 0 spiro atoms. The predicted molar refractivity (Wildman–Crippen MR) is 93.8 cm³/mol. The van der Waals surface area contributed by atoms with Crippen LogP contribution >= 0.6 is 11.3 Å². The van der Waals surface area contributed by atoms with Gasteiger partial charge in [0.15, 0.2) is 5.13 Å². The zero-order valence-corrected chi connectivity index (χ0v) is 15.8. The molecule has 0 radical (unpaired) electrons. The fraction of sp³-hybridized carbons (Fsp3) is 0.688. The maximum Gasteiger partial charge on any atom is 0.245 e. The van der Waals surface area contributed by atoms with Gasteiger partial charge in [0.05, 0.1) is 32.9 Å². The predicted octanol–water partition coefficient (Wildman–Crippen LogP) is 0.799. The zero-order chi connectivity index (χ0) is 17.6. The summed E-state index contributed by atoms with van der Waals surface area (Å²) >= 11 is 1.39. The topological polar surface area (TPSA) is 66.7 Å². The summed E-state index contributed by atoms with van der Waals surface area (Å²) in [5, 5.41) is 5.23. The molecule has 0 aromatic carbocycles. The van der Waals surface area contributed by atoms with Gasteiger partial charge in [-0.3, -0.25) is 9.59 Å². The van der Waals surface area contributed by atoms with E-state index >= 15 is 0 Å². The van der Waals surface area contributed by atoms with Crippen molar-refractivity contribution in [3.8, 4) is 0 Å². The van der Waals surface area contributed by atoms with Gasteiger partial charge in [-0.15, -0.1) is 11.3 Å². The number of nitrogens with one attached hydrogen (secondary N) is 2. The molecule has 2 amide bonds. The minimum atomic E-state index is -0.199. The average molecular weight is 342 g/mol. The smallest absolute Gasteiger partial charge is 0.245 e. The molecule has 0 aliphatic carbocycles. The first-order chi connectivity index (χ1) is 10.6. The molecular weight excluding hydrogens is 312 g/mol. The molecule has 1 aromatic rings. The number of hydrogen-bond donors (Lipinski definition) is 2. The second-order valence-corrected chi connectivity index (χ2v) is 8.21. The van der Waals surface area contributed by atoms with Crippen molar-refractivity contribution in [3.63, 3.8) is 0 Å². The lowest BCUT2D eigenvalue weighted by Gasteiger charge is -2.26. The molecule has 1 heterocycles. The summed E-state index contributed by atoms with van der Waals surface area (Å²) in [7, 11) is 4.07. The number of thiazole rings is 1. The van der Waals surface area contributed by atoms with Gasteiger partial charge in [0.25, 0.3) is 0 Å². The van der Waals surface area contributed by atoms with E-state index in [-0.39, 0.29) is 23.8 Å². The lowest BCUT2D eigenvalue weighted by molar-refractivity contribution is -0.857. The van der Waals surface area contributed by atoms with E-state index in [0.717, 1.165) is 12.2 Å². The highest BCUT2D eigenvalue weighted by molar-refractivity contribution is 7.13. The quantitative estimate of drug-likeness (QED) is 0.771. The van der Waals surface area contributed by atoms with E-state index in [1.165, 1.54) is 16.2 Å². The number of nitrogens with zero attached hydrogens (tertiary/aromatic N) is 2. The van der Waals surface area contributed by atoms with E-state index in [9.17, 15) is 9.59 Å². The summed E-state index contributed by atoms with van der Waals surface area (Å²) in [6.07, 6.45) is 0.430. The number of aromatic nitrogens is 1. The van der Waals surface area contributed by atoms with Gasteiger partial charge in [-0.25, -0.2) is 4.98 Å². The van der Waals surface area contributed by atoms with Crippen LogP contribution in [0.25, 0.3) is 0 Å². The summed E-state index contributed by atoms with van der Waals surface area (Å²) in [6.45, 7) is 9.41. The zero-order valence-electron chi connectivity index (χ0n) is 15.0. The SMILES string of the molecule is Cc1csc(NC(=O)CN(CC[NH+](C)C)C(=O)CC(C)(C)C)n1. The average Bonchev–Trinajstić information content (AvgIpc) is 2.77. The minimum absolute atomic E-state index is 0.0178. The number of carbonyl (C=O) groups excluding carboxylic acids is 2. The van der Waals surface area contributed by atoms with E-state index < -0.39 is 0 Å². The van der Waals surface area contributed by atoms with Crippen LogP contribution in [0.5, 0.6) is 0 Å². The molecule has 2 N–H and O–H groups in total. The molecule has 0 aliphatic heterocycles. The maximum atomic E-state index is 12.5. The Hall–Kier alpha value is -1.47. The van der Waals surface area contributed by atoms with E-state index in [1.54, 1.807) is 4.90 Å². The van der Waals surface area contributed by atoms with Crippen LogP contribution in [0, 0.1) is 12.3 Å². The number of quaternary nitrogens is 1. The van der Waals surface area contributed by atoms with Crippen molar-refractivity contribution in [3.05, 3.63) is 11.1 Å². The molecule has 0 atom stereocenters. The molecule has 1 rings (SSSR count). The lowest BCUT2D eigenvalue weighted by Crippen LogP contribution is -3.06. The van der Waals surface area contributed by atoms with Gasteiger partial charge in [0, 0.05) is 11.8 Å². The molecule has 0 saturated heterocycles. The first kappa shape index (κ1) is 19.6. The third-order valence-electron chi connectivity index (χ3n) is 3.12. The van der Waals surface area contributed by atoms with E-state index in [2.05, 4.69) is 10.3 Å². The van der Waals surface area contributed by atoms with Gasteiger partial charge in [-0.1, -0.05) is 20.8 Å². The highest BCUT2D eigenvalue weighted by Crippen LogP contribution is 2.20. The molecule has 0 bridgehead atoms. The Balaban J connectivity index is 2.67. The third kappa shape index (κ3) is 8.08. The normalized spacial score (nSPS) is 11.6. The number of hydrogen-bond acceptors (Lipinski definition) is 4. The van der Waals surface area contributed by atoms with Crippen LogP contribution in [-0.4, -0.2) is 55.4 Å². The monoisotopic (exact) mass is 341 g/mol. The fourth-order valence-electron chi connectivity index (χ4n) is 1.96. The molecule has 0 fully saturated rings. The van der Waals surface area contributed by atoms with Gasteiger partial charge in [-0.05, 0) is 12.3 Å². The molecule has 7 heteroatoms. The van der Waals surface area contributed by atoms with Gasteiger partial charge < -0.3 is 15.1 Å². The highest BCUT2D eigenvalue weighted by atomic mass is 32.1. The van der Waals surface area contributed by atoms with Crippen molar-refractivity contribution in [2.24, 2.45) is 5.41 Å². The van der Waals surface area contributed by atoms with Crippen LogP contribution in [0.2, 0.25) is 0 Å². The highest BCUT2D eigenvalue weighted by Gasteiger charge is 2.23. The Morgan fingerprint density at radius 1 is 1.35 bits per heavy atom. The molecule has 0 saturated carbocycles. The van der Waals surface area contributed by atoms with Crippen LogP contribution in [0.1, 0.15) is 32.9 Å². The molecule has 0 unspecified atom stereocenters. The molecule has 23 heavy (non-hydrogen) atoms. The van der Waals surface area contributed by atoms with Crippen LogP contribution in [0.4, 0.5) is 5.13 Å². The van der Waals surface area contributed by atoms with E-state index in [0.29, 0.717) is 18.1 Å². The van der Waals surface area contributed by atoms with Crippen LogP contribution < -0.4 is 10.2 Å². The molecule has 1 aromatic heterocycles. The van der Waals surface area contributed by atoms with Crippen molar-refractivity contribution in [2.75, 3.05) is 39.0 Å². The number of aryl methyl sites for hydroxylation is 1. The van der Waals surface area contributed by atoms with Crippen LogP contribution in [0.3, 0.4) is 0 Å². The molecule has 0 aliphatic rings. The number of carbonyl (C=O) groups is 2. The van der Waals surface area contributed by atoms with Crippen LogP contribution in [-0.2, 0) is 9.59 Å². The summed E-state index contributed by atoms with van der Waals surface area (Å²) in [5.74, 6) is -0.181. The first-order valence-electron chi connectivity index (χ1n) is 7.85. The Bertz CT molecular complexity index is 534. The number of anilines is 1. The molecule has 6 nitrogen and oxygen atoms in total. The van der Waals surface area contributed by atoms with Crippen molar-refractivity contribution in [1.82, 2.24) is 9.88 Å². The standard InChI is InChI=1S/C16H28N4O2S/c1-12-11-23-15(17-12)18-13(21)10-20(8-7-19(5)6)14(22)9-16(2,3)4/h11H,7-10H2,1-6H3,(H,17,18,21)/p+1.